The van der Waals surface area contributed by atoms with Crippen molar-refractivity contribution < 1.29 is 4.79 Å². The highest BCUT2D eigenvalue weighted by atomic mass is 16.1. The van der Waals surface area contributed by atoms with Crippen molar-refractivity contribution in [1.29, 1.82) is 0 Å². The summed E-state index contributed by atoms with van der Waals surface area (Å²) in [6, 6.07) is 0. The van der Waals surface area contributed by atoms with Crippen molar-refractivity contribution in [3.63, 3.8) is 0 Å². The SMILES string of the molecule is CCC=CC=CC(=O)C(C)C. The van der Waals surface area contributed by atoms with Gasteiger partial charge in [-0.1, -0.05) is 39.0 Å². The predicted octanol–water partition coefficient (Wildman–Crippen LogP) is 2.73. The summed E-state index contributed by atoms with van der Waals surface area (Å²) in [5.41, 5.74) is 0. The molecule has 0 saturated carbocycles. The number of hydrogen-bond donors (Lipinski definition) is 0. The molecule has 1 nitrogen and oxygen atoms in total. The van der Waals surface area contributed by atoms with Gasteiger partial charge in [0.2, 0.25) is 0 Å². The van der Waals surface area contributed by atoms with Crippen LogP contribution < -0.4 is 0 Å². The van der Waals surface area contributed by atoms with Crippen LogP contribution in [-0.4, -0.2) is 5.78 Å². The van der Waals surface area contributed by atoms with E-state index in [-0.39, 0.29) is 11.7 Å². The molecule has 0 aromatic rings. The lowest BCUT2D eigenvalue weighted by Crippen LogP contribution is -2.01. The lowest BCUT2D eigenvalue weighted by atomic mass is 10.1. The lowest BCUT2D eigenvalue weighted by molar-refractivity contribution is -0.117. The van der Waals surface area contributed by atoms with Gasteiger partial charge >= 0.3 is 0 Å². The maximum atomic E-state index is 11.0. The Morgan fingerprint density at radius 2 is 2.00 bits per heavy atom. The van der Waals surface area contributed by atoms with Gasteiger partial charge in [0.05, 0.1) is 0 Å². The number of hydrogen-bond acceptors (Lipinski definition) is 1. The van der Waals surface area contributed by atoms with E-state index in [1.54, 1.807) is 12.2 Å². The number of carbonyl (C=O) groups is 1. The molecule has 0 fully saturated rings. The number of carbonyl (C=O) groups excluding carboxylic acids is 1. The monoisotopic (exact) mass is 152 g/mol. The van der Waals surface area contributed by atoms with Crippen LogP contribution in [0.5, 0.6) is 0 Å². The summed E-state index contributed by atoms with van der Waals surface area (Å²) < 4.78 is 0. The second-order valence-electron chi connectivity index (χ2n) is 2.75. The van der Waals surface area contributed by atoms with Crippen LogP contribution in [0.25, 0.3) is 0 Å². The molecule has 0 aromatic heterocycles. The van der Waals surface area contributed by atoms with Gasteiger partial charge in [0.15, 0.2) is 5.78 Å². The first-order chi connectivity index (χ1) is 5.18. The number of ketones is 1. The average Bonchev–Trinajstić information content (AvgIpc) is 1.97. The molecule has 62 valence electrons. The summed E-state index contributed by atoms with van der Waals surface area (Å²) in [7, 11) is 0. The van der Waals surface area contributed by atoms with E-state index in [1.807, 2.05) is 26.0 Å². The average molecular weight is 152 g/mol. The number of rotatable bonds is 4. The van der Waals surface area contributed by atoms with Gasteiger partial charge in [0.1, 0.15) is 0 Å². The van der Waals surface area contributed by atoms with Crippen LogP contribution in [-0.2, 0) is 4.79 Å². The van der Waals surface area contributed by atoms with Crippen LogP contribution >= 0.6 is 0 Å². The Labute approximate surface area is 68.8 Å². The fourth-order valence-electron chi connectivity index (χ4n) is 0.557. The Kier molecular flexibility index (Phi) is 5.44. The summed E-state index contributed by atoms with van der Waals surface area (Å²) in [4.78, 5) is 11.0. The van der Waals surface area contributed by atoms with Crippen LogP contribution in [0, 0.1) is 5.92 Å². The van der Waals surface area contributed by atoms with Crippen molar-refractivity contribution in [3.05, 3.63) is 24.3 Å². The van der Waals surface area contributed by atoms with Crippen LogP contribution in [0.1, 0.15) is 27.2 Å². The predicted molar refractivity (Wildman–Crippen MR) is 48.4 cm³/mol. The maximum absolute atomic E-state index is 11.0. The van der Waals surface area contributed by atoms with Gasteiger partial charge < -0.3 is 0 Å². The standard InChI is InChI=1S/C10H16O/c1-4-5-6-7-8-10(11)9(2)3/h5-9H,4H2,1-3H3. The van der Waals surface area contributed by atoms with Crippen LogP contribution in [0.3, 0.4) is 0 Å². The fraction of sp³-hybridized carbons (Fsp3) is 0.500. The second kappa shape index (κ2) is 5.90. The first kappa shape index (κ1) is 10.2. The smallest absolute Gasteiger partial charge is 0.158 e. The molecular weight excluding hydrogens is 136 g/mol. The van der Waals surface area contributed by atoms with Crippen LogP contribution in [0.4, 0.5) is 0 Å². The summed E-state index contributed by atoms with van der Waals surface area (Å²) in [6.45, 7) is 5.86. The van der Waals surface area contributed by atoms with Crippen LogP contribution in [0.2, 0.25) is 0 Å². The van der Waals surface area contributed by atoms with Gasteiger partial charge in [-0.3, -0.25) is 4.79 Å². The highest BCUT2D eigenvalue weighted by molar-refractivity contribution is 5.91. The van der Waals surface area contributed by atoms with Crippen LogP contribution in [0.15, 0.2) is 24.3 Å². The molecule has 0 aromatic carbocycles. The summed E-state index contributed by atoms with van der Waals surface area (Å²) in [5, 5.41) is 0. The Morgan fingerprint density at radius 3 is 2.45 bits per heavy atom. The molecule has 0 unspecified atom stereocenters. The van der Waals surface area contributed by atoms with E-state index in [0.717, 1.165) is 6.42 Å². The summed E-state index contributed by atoms with van der Waals surface area (Å²) in [6.07, 6.45) is 8.35. The molecule has 0 bridgehead atoms. The Bertz CT molecular complexity index is 164. The topological polar surface area (TPSA) is 17.1 Å². The highest BCUT2D eigenvalue weighted by Crippen LogP contribution is 1.95. The van der Waals surface area contributed by atoms with E-state index < -0.39 is 0 Å². The second-order valence-corrected chi connectivity index (χ2v) is 2.75. The van der Waals surface area contributed by atoms with E-state index in [9.17, 15) is 4.79 Å². The minimum absolute atomic E-state index is 0.112. The molecule has 0 amide bonds. The minimum atomic E-state index is 0.112. The molecule has 0 aliphatic carbocycles. The zero-order valence-corrected chi connectivity index (χ0v) is 7.50. The van der Waals surface area contributed by atoms with Crippen molar-refractivity contribution in [2.24, 2.45) is 5.92 Å². The van der Waals surface area contributed by atoms with Gasteiger partial charge in [-0.05, 0) is 12.5 Å². The van der Waals surface area contributed by atoms with E-state index in [1.165, 1.54) is 0 Å². The molecule has 0 radical (unpaired) electrons. The molecule has 0 aliphatic rings. The molecule has 0 saturated heterocycles. The van der Waals surface area contributed by atoms with E-state index in [4.69, 9.17) is 0 Å². The van der Waals surface area contributed by atoms with Gasteiger partial charge in [-0.25, -0.2) is 0 Å². The quantitative estimate of drug-likeness (QED) is 0.447. The third-order valence-electron chi connectivity index (χ3n) is 1.31. The largest absolute Gasteiger partial charge is 0.295 e. The van der Waals surface area contributed by atoms with Crippen molar-refractivity contribution in [2.75, 3.05) is 0 Å². The van der Waals surface area contributed by atoms with E-state index in [0.29, 0.717) is 0 Å². The molecule has 0 atom stereocenters. The van der Waals surface area contributed by atoms with Gasteiger partial charge in [-0.2, -0.15) is 0 Å². The molecule has 0 heterocycles. The van der Waals surface area contributed by atoms with E-state index in [2.05, 4.69) is 6.92 Å². The van der Waals surface area contributed by atoms with Gasteiger partial charge in [-0.15, -0.1) is 0 Å². The normalized spacial score (nSPS) is 12.0. The molecule has 11 heavy (non-hydrogen) atoms. The van der Waals surface area contributed by atoms with Crippen molar-refractivity contribution in [1.82, 2.24) is 0 Å². The van der Waals surface area contributed by atoms with Crippen molar-refractivity contribution in [2.45, 2.75) is 27.2 Å². The third kappa shape index (κ3) is 5.59. The molecule has 0 rings (SSSR count). The molecule has 0 spiro atoms. The van der Waals surface area contributed by atoms with Gasteiger partial charge in [0, 0.05) is 5.92 Å². The zero-order chi connectivity index (χ0) is 8.69. The molecule has 1 heteroatoms. The lowest BCUT2D eigenvalue weighted by Gasteiger charge is -1.94. The van der Waals surface area contributed by atoms with Crippen molar-refractivity contribution >= 4 is 5.78 Å². The maximum Gasteiger partial charge on any atom is 0.158 e. The Hall–Kier alpha value is -0.850. The van der Waals surface area contributed by atoms with Crippen molar-refractivity contribution in [3.8, 4) is 0 Å². The molecule has 0 aliphatic heterocycles. The Morgan fingerprint density at radius 1 is 1.36 bits per heavy atom. The Balaban J connectivity index is 3.74. The fourth-order valence-corrected chi connectivity index (χ4v) is 0.557. The third-order valence-corrected chi connectivity index (χ3v) is 1.31. The van der Waals surface area contributed by atoms with E-state index >= 15 is 0 Å². The first-order valence-corrected chi connectivity index (χ1v) is 4.05. The molecular formula is C10H16O. The zero-order valence-electron chi connectivity index (χ0n) is 7.50. The minimum Gasteiger partial charge on any atom is -0.295 e. The highest BCUT2D eigenvalue weighted by Gasteiger charge is 1.99. The first-order valence-electron chi connectivity index (χ1n) is 4.05. The number of allylic oxidation sites excluding steroid dienone is 4. The summed E-state index contributed by atoms with van der Waals surface area (Å²) in [5.74, 6) is 0.298. The summed E-state index contributed by atoms with van der Waals surface area (Å²) >= 11 is 0. The van der Waals surface area contributed by atoms with Gasteiger partial charge in [0.25, 0.3) is 0 Å². The molecule has 0 N–H and O–H groups in total.